The lowest BCUT2D eigenvalue weighted by atomic mass is 10.1. The summed E-state index contributed by atoms with van der Waals surface area (Å²) in [5.41, 5.74) is 0. The summed E-state index contributed by atoms with van der Waals surface area (Å²) < 4.78 is 0. The fourth-order valence-corrected chi connectivity index (χ4v) is 3.41. The van der Waals surface area contributed by atoms with Crippen molar-refractivity contribution in [3.8, 4) is 0 Å². The lowest BCUT2D eigenvalue weighted by Gasteiger charge is -2.32. The highest BCUT2D eigenvalue weighted by molar-refractivity contribution is 4.70. The molecule has 0 aliphatic carbocycles. The van der Waals surface area contributed by atoms with Crippen molar-refractivity contribution in [2.45, 2.75) is 38.5 Å². The second-order valence-electron chi connectivity index (χ2n) is 6.37. The van der Waals surface area contributed by atoms with Gasteiger partial charge < -0.3 is 14.9 Å². The van der Waals surface area contributed by atoms with Gasteiger partial charge in [0.1, 0.15) is 0 Å². The number of aliphatic hydroxyl groups excluding tert-OH is 1. The predicted molar refractivity (Wildman–Crippen MR) is 84.1 cm³/mol. The average Bonchev–Trinajstić information content (AvgIpc) is 2.52. The Hall–Kier alpha value is -0.160. The number of rotatable bonds is 8. The van der Waals surface area contributed by atoms with E-state index in [1.165, 1.54) is 77.8 Å². The van der Waals surface area contributed by atoms with Crippen LogP contribution in [-0.2, 0) is 0 Å². The van der Waals surface area contributed by atoms with Gasteiger partial charge in [-0.3, -0.25) is 4.90 Å². The van der Waals surface area contributed by atoms with Gasteiger partial charge in [0.05, 0.1) is 6.61 Å². The maximum Gasteiger partial charge on any atom is 0.0558 e. The van der Waals surface area contributed by atoms with Crippen molar-refractivity contribution >= 4 is 0 Å². The van der Waals surface area contributed by atoms with E-state index in [0.29, 0.717) is 6.61 Å². The first-order chi connectivity index (χ1) is 9.88. The molecule has 0 radical (unpaired) electrons. The molecular weight excluding hydrogens is 250 g/mol. The van der Waals surface area contributed by atoms with Crippen molar-refractivity contribution in [1.82, 2.24) is 14.7 Å². The lowest BCUT2D eigenvalue weighted by molar-refractivity contribution is 0.135. The van der Waals surface area contributed by atoms with E-state index in [1.54, 1.807) is 0 Å². The van der Waals surface area contributed by atoms with Crippen LogP contribution in [0.1, 0.15) is 38.5 Å². The normalized spacial score (nSPS) is 22.5. The number of hydrogen-bond acceptors (Lipinski definition) is 4. The number of aliphatic hydroxyl groups is 1. The molecule has 1 N–H and O–H groups in total. The summed E-state index contributed by atoms with van der Waals surface area (Å²) in [7, 11) is 0. The van der Waals surface area contributed by atoms with E-state index in [-0.39, 0.29) is 0 Å². The highest BCUT2D eigenvalue weighted by atomic mass is 16.3. The van der Waals surface area contributed by atoms with Gasteiger partial charge in [0, 0.05) is 32.7 Å². The molecule has 4 heteroatoms. The van der Waals surface area contributed by atoms with E-state index in [9.17, 15) is 5.11 Å². The van der Waals surface area contributed by atoms with Crippen LogP contribution in [0.4, 0.5) is 0 Å². The number of piperidine rings is 2. The van der Waals surface area contributed by atoms with E-state index in [1.807, 2.05) is 0 Å². The molecule has 2 aliphatic heterocycles. The molecule has 0 amide bonds. The standard InChI is InChI=1S/C16H33N3O/c20-16-15-19(13-11-17-7-3-1-4-8-17)14-12-18-9-5-2-6-10-18/h20H,1-16H2. The van der Waals surface area contributed by atoms with Crippen molar-refractivity contribution < 1.29 is 5.11 Å². The van der Waals surface area contributed by atoms with Crippen molar-refractivity contribution in [3.05, 3.63) is 0 Å². The smallest absolute Gasteiger partial charge is 0.0558 e. The van der Waals surface area contributed by atoms with Gasteiger partial charge in [-0.2, -0.15) is 0 Å². The van der Waals surface area contributed by atoms with E-state index in [0.717, 1.165) is 19.6 Å². The second-order valence-corrected chi connectivity index (χ2v) is 6.37. The number of hydrogen-bond donors (Lipinski definition) is 1. The SMILES string of the molecule is OCCN(CCN1CCCCC1)CCN1CCCCC1. The van der Waals surface area contributed by atoms with Crippen LogP contribution in [0.3, 0.4) is 0 Å². The summed E-state index contributed by atoms with van der Waals surface area (Å²) in [5.74, 6) is 0. The molecule has 0 saturated carbocycles. The Balaban J connectivity index is 1.63. The maximum absolute atomic E-state index is 9.24. The van der Waals surface area contributed by atoms with Gasteiger partial charge >= 0.3 is 0 Å². The summed E-state index contributed by atoms with van der Waals surface area (Å²) in [6.45, 7) is 10.8. The van der Waals surface area contributed by atoms with E-state index < -0.39 is 0 Å². The van der Waals surface area contributed by atoms with Crippen molar-refractivity contribution in [2.24, 2.45) is 0 Å². The predicted octanol–water partition coefficient (Wildman–Crippen LogP) is 1.25. The van der Waals surface area contributed by atoms with Gasteiger partial charge in [0.25, 0.3) is 0 Å². The van der Waals surface area contributed by atoms with Crippen LogP contribution in [-0.4, -0.2) is 85.3 Å². The minimum absolute atomic E-state index is 0.292. The molecule has 0 aromatic carbocycles. The lowest BCUT2D eigenvalue weighted by Crippen LogP contribution is -2.43. The van der Waals surface area contributed by atoms with Crippen LogP contribution < -0.4 is 0 Å². The van der Waals surface area contributed by atoms with E-state index >= 15 is 0 Å². The molecule has 0 aromatic heterocycles. The zero-order valence-electron chi connectivity index (χ0n) is 13.1. The monoisotopic (exact) mass is 283 g/mol. The third kappa shape index (κ3) is 6.08. The van der Waals surface area contributed by atoms with Gasteiger partial charge in [-0.1, -0.05) is 12.8 Å². The molecule has 0 aromatic rings. The molecule has 2 fully saturated rings. The Bertz CT molecular complexity index is 216. The minimum Gasteiger partial charge on any atom is -0.395 e. The summed E-state index contributed by atoms with van der Waals surface area (Å²) in [6, 6.07) is 0. The minimum atomic E-state index is 0.292. The first-order valence-corrected chi connectivity index (χ1v) is 8.66. The Morgan fingerprint density at radius 2 is 1.10 bits per heavy atom. The fourth-order valence-electron chi connectivity index (χ4n) is 3.41. The summed E-state index contributed by atoms with van der Waals surface area (Å²) in [4.78, 5) is 7.63. The van der Waals surface area contributed by atoms with Gasteiger partial charge in [0.2, 0.25) is 0 Å². The first-order valence-electron chi connectivity index (χ1n) is 8.66. The van der Waals surface area contributed by atoms with Crippen LogP contribution in [0.15, 0.2) is 0 Å². The zero-order valence-corrected chi connectivity index (χ0v) is 13.1. The van der Waals surface area contributed by atoms with Crippen molar-refractivity contribution in [2.75, 3.05) is 65.5 Å². The fraction of sp³-hybridized carbons (Fsp3) is 1.00. The first kappa shape index (κ1) is 16.2. The highest BCUT2D eigenvalue weighted by Gasteiger charge is 2.14. The quantitative estimate of drug-likeness (QED) is 0.726. The van der Waals surface area contributed by atoms with Crippen LogP contribution in [0.2, 0.25) is 0 Å². The summed E-state index contributed by atoms with van der Waals surface area (Å²) in [6.07, 6.45) is 8.29. The van der Waals surface area contributed by atoms with Crippen LogP contribution in [0.5, 0.6) is 0 Å². The molecule has 2 saturated heterocycles. The second kappa shape index (κ2) is 9.72. The Kier molecular flexibility index (Phi) is 7.88. The molecule has 4 nitrogen and oxygen atoms in total. The molecule has 2 heterocycles. The van der Waals surface area contributed by atoms with Crippen LogP contribution in [0.25, 0.3) is 0 Å². The van der Waals surface area contributed by atoms with Gasteiger partial charge in [0.15, 0.2) is 0 Å². The maximum atomic E-state index is 9.24. The van der Waals surface area contributed by atoms with Crippen LogP contribution in [0, 0.1) is 0 Å². The molecule has 20 heavy (non-hydrogen) atoms. The Morgan fingerprint density at radius 1 is 0.650 bits per heavy atom. The van der Waals surface area contributed by atoms with Crippen LogP contribution >= 0.6 is 0 Å². The molecule has 2 rings (SSSR count). The summed E-state index contributed by atoms with van der Waals surface area (Å²) >= 11 is 0. The van der Waals surface area contributed by atoms with E-state index in [4.69, 9.17) is 0 Å². The van der Waals surface area contributed by atoms with Crippen molar-refractivity contribution in [3.63, 3.8) is 0 Å². The zero-order chi connectivity index (χ0) is 14.0. The number of nitrogens with zero attached hydrogens (tertiary/aromatic N) is 3. The van der Waals surface area contributed by atoms with Crippen molar-refractivity contribution in [1.29, 1.82) is 0 Å². The van der Waals surface area contributed by atoms with Gasteiger partial charge in [-0.15, -0.1) is 0 Å². The largest absolute Gasteiger partial charge is 0.395 e. The topological polar surface area (TPSA) is 30.0 Å². The highest BCUT2D eigenvalue weighted by Crippen LogP contribution is 2.09. The number of likely N-dealkylation sites (tertiary alicyclic amines) is 2. The molecule has 118 valence electrons. The summed E-state index contributed by atoms with van der Waals surface area (Å²) in [5, 5.41) is 9.24. The Morgan fingerprint density at radius 3 is 1.50 bits per heavy atom. The molecule has 0 atom stereocenters. The molecule has 0 spiro atoms. The van der Waals surface area contributed by atoms with Gasteiger partial charge in [-0.25, -0.2) is 0 Å². The Labute approximate surface area is 124 Å². The molecule has 2 aliphatic rings. The third-order valence-electron chi connectivity index (χ3n) is 4.78. The van der Waals surface area contributed by atoms with E-state index in [2.05, 4.69) is 14.7 Å². The average molecular weight is 283 g/mol. The molecule has 0 bridgehead atoms. The van der Waals surface area contributed by atoms with Gasteiger partial charge in [-0.05, 0) is 51.9 Å². The molecular formula is C16H33N3O. The third-order valence-corrected chi connectivity index (χ3v) is 4.78. The molecule has 0 unspecified atom stereocenters.